The Labute approximate surface area is 215 Å². The zero-order valence-corrected chi connectivity index (χ0v) is 22.1. The van der Waals surface area contributed by atoms with Crippen LogP contribution in [-0.4, -0.2) is 60.3 Å². The SMILES string of the molecule is CCCCN(CCCC)CC(O)Cn1cc(C=CC(=O)c2ccc(OC)c(OC)c2)c2ccccc21. The second-order valence-corrected chi connectivity index (χ2v) is 9.18. The van der Waals surface area contributed by atoms with Crippen molar-refractivity contribution in [3.63, 3.8) is 0 Å². The van der Waals surface area contributed by atoms with Crippen molar-refractivity contribution in [2.75, 3.05) is 33.9 Å². The molecule has 0 saturated carbocycles. The molecular weight excluding hydrogens is 452 g/mol. The first-order valence-corrected chi connectivity index (χ1v) is 12.9. The van der Waals surface area contributed by atoms with E-state index in [4.69, 9.17) is 9.47 Å². The van der Waals surface area contributed by atoms with Crippen molar-refractivity contribution in [1.29, 1.82) is 0 Å². The fourth-order valence-electron chi connectivity index (χ4n) is 4.45. The monoisotopic (exact) mass is 492 g/mol. The van der Waals surface area contributed by atoms with Crippen LogP contribution in [0.3, 0.4) is 0 Å². The summed E-state index contributed by atoms with van der Waals surface area (Å²) < 4.78 is 12.7. The number of ether oxygens (including phenoxy) is 2. The average Bonchev–Trinajstić information content (AvgIpc) is 3.25. The number of nitrogens with zero attached hydrogens (tertiary/aromatic N) is 2. The molecule has 194 valence electrons. The molecule has 0 amide bonds. The molecule has 6 heteroatoms. The lowest BCUT2D eigenvalue weighted by Crippen LogP contribution is -2.36. The molecule has 0 bridgehead atoms. The number of carbonyl (C=O) groups excluding carboxylic acids is 1. The van der Waals surface area contributed by atoms with E-state index in [1.807, 2.05) is 30.5 Å². The standard InChI is InChI=1S/C30H40N2O4/c1-5-7-17-31(18-8-6-2)21-25(33)22-32-20-24(26-11-9-10-12-27(26)32)13-15-28(34)23-14-16-29(35-3)30(19-23)36-4/h9-16,19-20,25,33H,5-8,17-18,21-22H2,1-4H3. The molecule has 0 aliphatic heterocycles. The molecule has 1 N–H and O–H groups in total. The van der Waals surface area contributed by atoms with Crippen LogP contribution in [0.2, 0.25) is 0 Å². The summed E-state index contributed by atoms with van der Waals surface area (Å²) in [6, 6.07) is 13.3. The van der Waals surface area contributed by atoms with Gasteiger partial charge in [-0.05, 0) is 62.3 Å². The Bertz CT molecular complexity index is 1140. The molecule has 0 fully saturated rings. The van der Waals surface area contributed by atoms with Crippen molar-refractivity contribution in [1.82, 2.24) is 9.47 Å². The highest BCUT2D eigenvalue weighted by molar-refractivity contribution is 6.08. The van der Waals surface area contributed by atoms with E-state index in [1.165, 1.54) is 0 Å². The Morgan fingerprint density at radius 2 is 1.72 bits per heavy atom. The van der Waals surface area contributed by atoms with E-state index in [0.29, 0.717) is 30.2 Å². The summed E-state index contributed by atoms with van der Waals surface area (Å²) in [5, 5.41) is 12.0. The second-order valence-electron chi connectivity index (χ2n) is 9.18. The molecular formula is C30H40N2O4. The molecule has 1 aromatic heterocycles. The highest BCUT2D eigenvalue weighted by Crippen LogP contribution is 2.28. The quantitative estimate of drug-likeness (QED) is 0.214. The summed E-state index contributed by atoms with van der Waals surface area (Å²) in [7, 11) is 3.12. The fraction of sp³-hybridized carbons (Fsp3) is 0.433. The number of unbranched alkanes of at least 4 members (excludes halogenated alkanes) is 2. The van der Waals surface area contributed by atoms with E-state index >= 15 is 0 Å². The number of aromatic nitrogens is 1. The Hall–Kier alpha value is -3.09. The largest absolute Gasteiger partial charge is 0.493 e. The van der Waals surface area contributed by atoms with E-state index in [1.54, 1.807) is 38.5 Å². The summed E-state index contributed by atoms with van der Waals surface area (Å²) in [6.07, 6.45) is 9.57. The first kappa shape index (κ1) is 27.5. The van der Waals surface area contributed by atoms with Crippen molar-refractivity contribution in [3.8, 4) is 11.5 Å². The van der Waals surface area contributed by atoms with E-state index in [-0.39, 0.29) is 5.78 Å². The lowest BCUT2D eigenvalue weighted by atomic mass is 10.1. The zero-order valence-electron chi connectivity index (χ0n) is 22.1. The molecule has 0 spiro atoms. The number of fused-ring (bicyclic) bond motifs is 1. The normalized spacial score (nSPS) is 12.5. The van der Waals surface area contributed by atoms with Gasteiger partial charge in [0.05, 0.1) is 20.3 Å². The minimum atomic E-state index is -0.472. The smallest absolute Gasteiger partial charge is 0.185 e. The van der Waals surface area contributed by atoms with Gasteiger partial charge in [0.25, 0.3) is 0 Å². The number of carbonyl (C=O) groups is 1. The van der Waals surface area contributed by atoms with E-state index in [0.717, 1.165) is 55.2 Å². The number of rotatable bonds is 15. The average molecular weight is 493 g/mol. The van der Waals surface area contributed by atoms with Gasteiger partial charge in [0, 0.05) is 41.3 Å². The molecule has 1 unspecified atom stereocenters. The predicted molar refractivity (Wildman–Crippen MR) is 147 cm³/mol. The van der Waals surface area contributed by atoms with E-state index in [2.05, 4.69) is 29.4 Å². The summed E-state index contributed by atoms with van der Waals surface area (Å²) in [5.74, 6) is 0.993. The summed E-state index contributed by atoms with van der Waals surface area (Å²) in [5.41, 5.74) is 2.52. The van der Waals surface area contributed by atoms with Gasteiger partial charge in [-0.3, -0.25) is 4.79 Å². The molecule has 0 saturated heterocycles. The third kappa shape index (κ3) is 7.21. The van der Waals surface area contributed by atoms with Crippen molar-refractivity contribution in [2.24, 2.45) is 0 Å². The van der Waals surface area contributed by atoms with Crippen LogP contribution in [0, 0.1) is 0 Å². The third-order valence-corrected chi connectivity index (χ3v) is 6.43. The van der Waals surface area contributed by atoms with Crippen molar-refractivity contribution in [2.45, 2.75) is 52.2 Å². The minimum Gasteiger partial charge on any atom is -0.493 e. The van der Waals surface area contributed by atoms with Gasteiger partial charge in [0.15, 0.2) is 17.3 Å². The Kier molecular flexibility index (Phi) is 10.6. The van der Waals surface area contributed by atoms with Crippen LogP contribution in [0.5, 0.6) is 11.5 Å². The van der Waals surface area contributed by atoms with E-state index < -0.39 is 6.10 Å². The number of aliphatic hydroxyl groups is 1. The highest BCUT2D eigenvalue weighted by atomic mass is 16.5. The van der Waals surface area contributed by atoms with Crippen LogP contribution >= 0.6 is 0 Å². The lowest BCUT2D eigenvalue weighted by Gasteiger charge is -2.25. The van der Waals surface area contributed by atoms with Crippen LogP contribution < -0.4 is 9.47 Å². The molecule has 6 nitrogen and oxygen atoms in total. The maximum atomic E-state index is 12.9. The number of methoxy groups -OCH3 is 2. The van der Waals surface area contributed by atoms with Gasteiger partial charge in [-0.1, -0.05) is 44.9 Å². The maximum Gasteiger partial charge on any atom is 0.185 e. The molecule has 3 rings (SSSR count). The molecule has 2 aromatic carbocycles. The van der Waals surface area contributed by atoms with Gasteiger partial charge in [0.2, 0.25) is 0 Å². The van der Waals surface area contributed by atoms with Crippen LogP contribution in [0.15, 0.2) is 54.7 Å². The number of para-hydroxylation sites is 1. The van der Waals surface area contributed by atoms with Gasteiger partial charge in [0.1, 0.15) is 0 Å². The van der Waals surface area contributed by atoms with Crippen LogP contribution in [0.25, 0.3) is 17.0 Å². The summed E-state index contributed by atoms with van der Waals surface area (Å²) >= 11 is 0. The molecule has 36 heavy (non-hydrogen) atoms. The fourth-order valence-corrected chi connectivity index (χ4v) is 4.45. The van der Waals surface area contributed by atoms with Crippen molar-refractivity contribution in [3.05, 3.63) is 65.9 Å². The van der Waals surface area contributed by atoms with Gasteiger partial charge in [-0.15, -0.1) is 0 Å². The number of benzene rings is 2. The number of ketones is 1. The predicted octanol–water partition coefficient (Wildman–Crippen LogP) is 5.82. The maximum absolute atomic E-state index is 12.9. The van der Waals surface area contributed by atoms with Gasteiger partial charge < -0.3 is 24.0 Å². The van der Waals surface area contributed by atoms with Crippen LogP contribution in [-0.2, 0) is 6.54 Å². The molecule has 0 aliphatic rings. The molecule has 0 radical (unpaired) electrons. The number of hydrogen-bond donors (Lipinski definition) is 1. The molecule has 1 atom stereocenters. The Morgan fingerprint density at radius 3 is 2.39 bits per heavy atom. The molecule has 3 aromatic rings. The zero-order chi connectivity index (χ0) is 25.9. The Morgan fingerprint density at radius 1 is 1.03 bits per heavy atom. The number of hydrogen-bond acceptors (Lipinski definition) is 5. The summed E-state index contributed by atoms with van der Waals surface area (Å²) in [4.78, 5) is 15.2. The van der Waals surface area contributed by atoms with Gasteiger partial charge >= 0.3 is 0 Å². The lowest BCUT2D eigenvalue weighted by molar-refractivity contribution is 0.0973. The second kappa shape index (κ2) is 13.9. The van der Waals surface area contributed by atoms with Crippen molar-refractivity contribution < 1.29 is 19.4 Å². The number of allylic oxidation sites excluding steroid dienone is 1. The van der Waals surface area contributed by atoms with Gasteiger partial charge in [-0.2, -0.15) is 0 Å². The van der Waals surface area contributed by atoms with Crippen LogP contribution in [0.1, 0.15) is 55.5 Å². The summed E-state index contributed by atoms with van der Waals surface area (Å²) in [6.45, 7) is 7.61. The first-order valence-electron chi connectivity index (χ1n) is 12.9. The van der Waals surface area contributed by atoms with Crippen molar-refractivity contribution >= 4 is 22.8 Å². The Balaban J connectivity index is 1.77. The van der Waals surface area contributed by atoms with E-state index in [9.17, 15) is 9.90 Å². The third-order valence-electron chi connectivity index (χ3n) is 6.43. The molecule has 1 heterocycles. The number of aliphatic hydroxyl groups excluding tert-OH is 1. The highest BCUT2D eigenvalue weighted by Gasteiger charge is 2.15. The van der Waals surface area contributed by atoms with Gasteiger partial charge in [-0.25, -0.2) is 0 Å². The first-order chi connectivity index (χ1) is 17.5. The molecule has 0 aliphatic carbocycles. The van der Waals surface area contributed by atoms with Crippen LogP contribution in [0.4, 0.5) is 0 Å². The minimum absolute atomic E-state index is 0.115. The topological polar surface area (TPSA) is 63.9 Å².